The van der Waals surface area contributed by atoms with Crippen LogP contribution in [0.2, 0.25) is 0 Å². The van der Waals surface area contributed by atoms with Crippen LogP contribution in [0.5, 0.6) is 0 Å². The van der Waals surface area contributed by atoms with Gasteiger partial charge in [0.05, 0.1) is 0 Å². The first kappa shape index (κ1) is 13.6. The van der Waals surface area contributed by atoms with E-state index in [1.807, 2.05) is 13.8 Å². The van der Waals surface area contributed by atoms with Crippen molar-refractivity contribution < 1.29 is 4.79 Å². The second kappa shape index (κ2) is 5.42. The lowest BCUT2D eigenvalue weighted by atomic mass is 10.3. The van der Waals surface area contributed by atoms with Crippen LogP contribution in [0, 0.1) is 0 Å². The number of hydrogen-bond acceptors (Lipinski definition) is 4. The Balaban J connectivity index is 2.07. The average Bonchev–Trinajstić information content (AvgIpc) is 3.15. The summed E-state index contributed by atoms with van der Waals surface area (Å²) in [5, 5.41) is 5.77. The molecule has 0 aromatic carbocycles. The molecule has 1 heterocycles. The fourth-order valence-electron chi connectivity index (χ4n) is 1.76. The molecule has 2 rings (SSSR count). The number of amides is 1. The number of aromatic nitrogens is 2. The van der Waals surface area contributed by atoms with Crippen molar-refractivity contribution in [2.24, 2.45) is 0 Å². The zero-order chi connectivity index (χ0) is 14.0. The number of anilines is 1. The largest absolute Gasteiger partial charge is 0.354 e. The molecule has 0 saturated heterocycles. The van der Waals surface area contributed by atoms with E-state index in [0.717, 1.165) is 12.8 Å². The Morgan fingerprint density at radius 1 is 1.42 bits per heavy atom. The summed E-state index contributed by atoms with van der Waals surface area (Å²) in [7, 11) is 0. The Kier molecular flexibility index (Phi) is 3.87. The molecule has 6 nitrogen and oxygen atoms in total. The fourth-order valence-corrected chi connectivity index (χ4v) is 1.76. The van der Waals surface area contributed by atoms with Crippen LogP contribution in [0.15, 0.2) is 17.2 Å². The monoisotopic (exact) mass is 264 g/mol. The van der Waals surface area contributed by atoms with Crippen LogP contribution in [0.3, 0.4) is 0 Å². The van der Waals surface area contributed by atoms with Crippen LogP contribution < -0.4 is 16.2 Å². The van der Waals surface area contributed by atoms with E-state index >= 15 is 0 Å². The normalized spacial score (nSPS) is 16.2. The fraction of sp³-hybridized carbons (Fsp3) is 0.615. The molecule has 1 aliphatic rings. The Bertz CT molecular complexity index is 520. The molecule has 1 saturated carbocycles. The third kappa shape index (κ3) is 3.33. The predicted molar refractivity (Wildman–Crippen MR) is 73.1 cm³/mol. The molecule has 2 N–H and O–H groups in total. The number of carbonyl (C=O) groups is 1. The van der Waals surface area contributed by atoms with Crippen molar-refractivity contribution in [1.82, 2.24) is 14.9 Å². The first-order valence-corrected chi connectivity index (χ1v) is 6.63. The zero-order valence-electron chi connectivity index (χ0n) is 11.5. The summed E-state index contributed by atoms with van der Waals surface area (Å²) in [5.74, 6) is 0.123. The molecular formula is C13H20N4O2. The van der Waals surface area contributed by atoms with Gasteiger partial charge in [-0.1, -0.05) is 0 Å². The number of hydrogen-bond donors (Lipinski definition) is 2. The van der Waals surface area contributed by atoms with E-state index in [4.69, 9.17) is 0 Å². The van der Waals surface area contributed by atoms with Gasteiger partial charge < -0.3 is 15.2 Å². The molecule has 1 atom stereocenters. The summed E-state index contributed by atoms with van der Waals surface area (Å²) in [4.78, 5) is 27.9. The van der Waals surface area contributed by atoms with Crippen molar-refractivity contribution in [2.75, 3.05) is 5.32 Å². The van der Waals surface area contributed by atoms with Gasteiger partial charge >= 0.3 is 0 Å². The lowest BCUT2D eigenvalue weighted by Crippen LogP contribution is -2.40. The molecule has 1 aliphatic carbocycles. The third-order valence-electron chi connectivity index (χ3n) is 3.09. The Morgan fingerprint density at radius 2 is 2.11 bits per heavy atom. The molecule has 0 bridgehead atoms. The molecule has 1 aromatic rings. The van der Waals surface area contributed by atoms with E-state index in [1.165, 1.54) is 0 Å². The summed E-state index contributed by atoms with van der Waals surface area (Å²) < 4.78 is 1.58. The van der Waals surface area contributed by atoms with Gasteiger partial charge in [-0.2, -0.15) is 0 Å². The van der Waals surface area contributed by atoms with E-state index in [0.29, 0.717) is 6.04 Å². The molecule has 0 aliphatic heterocycles. The van der Waals surface area contributed by atoms with Gasteiger partial charge in [-0.15, -0.1) is 0 Å². The Labute approximate surface area is 112 Å². The second-order valence-electron chi connectivity index (χ2n) is 5.23. The standard InChI is InChI=1S/C13H20N4O2/c1-8(2)17-7-6-14-11(13(17)19)15-9(3)12(18)16-10-4-5-10/h6-10H,4-5H2,1-3H3,(H,14,15)(H,16,18). The summed E-state index contributed by atoms with van der Waals surface area (Å²) in [6.45, 7) is 5.58. The molecule has 0 spiro atoms. The van der Waals surface area contributed by atoms with Crippen molar-refractivity contribution in [3.63, 3.8) is 0 Å². The van der Waals surface area contributed by atoms with Gasteiger partial charge in [0, 0.05) is 24.5 Å². The minimum atomic E-state index is -0.469. The maximum absolute atomic E-state index is 12.1. The summed E-state index contributed by atoms with van der Waals surface area (Å²) in [5.41, 5.74) is -0.205. The highest BCUT2D eigenvalue weighted by molar-refractivity contribution is 5.84. The molecule has 6 heteroatoms. The van der Waals surface area contributed by atoms with Crippen molar-refractivity contribution in [1.29, 1.82) is 0 Å². The molecular weight excluding hydrogens is 244 g/mol. The van der Waals surface area contributed by atoms with E-state index in [9.17, 15) is 9.59 Å². The van der Waals surface area contributed by atoms with Gasteiger partial charge in [0.15, 0.2) is 5.82 Å². The zero-order valence-corrected chi connectivity index (χ0v) is 11.5. The Hall–Kier alpha value is -1.85. The summed E-state index contributed by atoms with van der Waals surface area (Å²) >= 11 is 0. The maximum atomic E-state index is 12.1. The van der Waals surface area contributed by atoms with Gasteiger partial charge in [0.25, 0.3) is 5.56 Å². The number of nitrogens with one attached hydrogen (secondary N) is 2. The summed E-state index contributed by atoms with van der Waals surface area (Å²) in [6.07, 6.45) is 5.30. The third-order valence-corrected chi connectivity index (χ3v) is 3.09. The van der Waals surface area contributed by atoms with E-state index in [2.05, 4.69) is 15.6 Å². The van der Waals surface area contributed by atoms with Crippen LogP contribution in [0.1, 0.15) is 39.7 Å². The number of nitrogens with zero attached hydrogens (tertiary/aromatic N) is 2. The number of rotatable bonds is 5. The van der Waals surface area contributed by atoms with Crippen LogP contribution in [-0.4, -0.2) is 27.5 Å². The quantitative estimate of drug-likeness (QED) is 0.828. The van der Waals surface area contributed by atoms with Gasteiger partial charge in [-0.05, 0) is 33.6 Å². The van der Waals surface area contributed by atoms with Crippen LogP contribution in [0.25, 0.3) is 0 Å². The lowest BCUT2D eigenvalue weighted by molar-refractivity contribution is -0.121. The predicted octanol–water partition coefficient (Wildman–Crippen LogP) is 0.903. The molecule has 1 fully saturated rings. The van der Waals surface area contributed by atoms with Crippen LogP contribution in [-0.2, 0) is 4.79 Å². The molecule has 1 unspecified atom stereocenters. The smallest absolute Gasteiger partial charge is 0.293 e. The highest BCUT2D eigenvalue weighted by Gasteiger charge is 2.26. The molecule has 0 radical (unpaired) electrons. The minimum Gasteiger partial charge on any atom is -0.354 e. The first-order valence-electron chi connectivity index (χ1n) is 6.63. The summed E-state index contributed by atoms with van der Waals surface area (Å²) in [6, 6.07) is -0.0942. The molecule has 1 amide bonds. The van der Waals surface area contributed by atoms with Crippen LogP contribution >= 0.6 is 0 Å². The van der Waals surface area contributed by atoms with Gasteiger partial charge in [-0.3, -0.25) is 9.59 Å². The maximum Gasteiger partial charge on any atom is 0.293 e. The molecule has 104 valence electrons. The topological polar surface area (TPSA) is 76.0 Å². The van der Waals surface area contributed by atoms with Crippen molar-refractivity contribution in [3.05, 3.63) is 22.7 Å². The van der Waals surface area contributed by atoms with Gasteiger partial charge in [-0.25, -0.2) is 4.98 Å². The van der Waals surface area contributed by atoms with E-state index < -0.39 is 6.04 Å². The number of carbonyl (C=O) groups excluding carboxylic acids is 1. The minimum absolute atomic E-state index is 0.0617. The molecule has 19 heavy (non-hydrogen) atoms. The highest BCUT2D eigenvalue weighted by atomic mass is 16.2. The van der Waals surface area contributed by atoms with Gasteiger partial charge in [0.1, 0.15) is 6.04 Å². The SMILES string of the molecule is CC(Nc1nccn(C(C)C)c1=O)C(=O)NC1CC1. The van der Waals surface area contributed by atoms with Gasteiger partial charge in [0.2, 0.25) is 5.91 Å². The Morgan fingerprint density at radius 3 is 2.68 bits per heavy atom. The average molecular weight is 264 g/mol. The van der Waals surface area contributed by atoms with Crippen LogP contribution in [0.4, 0.5) is 5.82 Å². The van der Waals surface area contributed by atoms with Crippen molar-refractivity contribution >= 4 is 11.7 Å². The van der Waals surface area contributed by atoms with Crippen molar-refractivity contribution in [2.45, 2.75) is 51.7 Å². The highest BCUT2D eigenvalue weighted by Crippen LogP contribution is 2.18. The van der Waals surface area contributed by atoms with E-state index in [1.54, 1.807) is 23.9 Å². The first-order chi connectivity index (χ1) is 8.99. The van der Waals surface area contributed by atoms with Crippen molar-refractivity contribution in [3.8, 4) is 0 Å². The lowest BCUT2D eigenvalue weighted by Gasteiger charge is -2.16. The molecule has 1 aromatic heterocycles. The van der Waals surface area contributed by atoms with E-state index in [-0.39, 0.29) is 23.3 Å². The second-order valence-corrected chi connectivity index (χ2v) is 5.23.